The van der Waals surface area contributed by atoms with Crippen molar-refractivity contribution in [2.24, 2.45) is 5.92 Å². The van der Waals surface area contributed by atoms with E-state index in [1.807, 2.05) is 50.7 Å². The van der Waals surface area contributed by atoms with Crippen molar-refractivity contribution in [2.75, 3.05) is 0 Å². The Morgan fingerprint density at radius 2 is 2.05 bits per heavy atom. The topological polar surface area (TPSA) is 64.1 Å². The van der Waals surface area contributed by atoms with Gasteiger partial charge in [-0.3, -0.25) is 0 Å². The van der Waals surface area contributed by atoms with Crippen LogP contribution in [0.15, 0.2) is 23.0 Å². The number of aliphatic hydroxyl groups is 1. The van der Waals surface area contributed by atoms with Gasteiger partial charge in [0.2, 0.25) is 5.89 Å². The number of rotatable bonds is 5. The Kier molecular flexibility index (Phi) is 4.04. The molecule has 0 aromatic carbocycles. The van der Waals surface area contributed by atoms with E-state index in [0.717, 1.165) is 11.4 Å². The molecule has 0 aliphatic carbocycles. The van der Waals surface area contributed by atoms with Crippen LogP contribution in [0.5, 0.6) is 0 Å². The summed E-state index contributed by atoms with van der Waals surface area (Å²) in [6.45, 7) is 8.58. The first-order valence-electron chi connectivity index (χ1n) is 6.63. The Hall–Kier alpha value is -1.62. The summed E-state index contributed by atoms with van der Waals surface area (Å²) in [6.07, 6.45) is 3.40. The zero-order chi connectivity index (χ0) is 14.0. The highest BCUT2D eigenvalue weighted by molar-refractivity contribution is 5.14. The van der Waals surface area contributed by atoms with Gasteiger partial charge in [0, 0.05) is 18.3 Å². The van der Waals surface area contributed by atoms with E-state index >= 15 is 0 Å². The molecule has 19 heavy (non-hydrogen) atoms. The van der Waals surface area contributed by atoms with Gasteiger partial charge in [-0.1, -0.05) is 32.9 Å². The summed E-state index contributed by atoms with van der Waals surface area (Å²) < 4.78 is 7.15. The van der Waals surface area contributed by atoms with Crippen molar-refractivity contribution in [1.29, 1.82) is 0 Å². The van der Waals surface area contributed by atoms with E-state index in [-0.39, 0.29) is 11.8 Å². The molecule has 2 heterocycles. The van der Waals surface area contributed by atoms with Gasteiger partial charge in [0.25, 0.3) is 0 Å². The summed E-state index contributed by atoms with van der Waals surface area (Å²) in [5, 5.41) is 13.9. The van der Waals surface area contributed by atoms with E-state index in [1.165, 1.54) is 0 Å². The summed E-state index contributed by atoms with van der Waals surface area (Å²) in [7, 11) is 0. The molecule has 1 N–H and O–H groups in total. The van der Waals surface area contributed by atoms with Crippen LogP contribution in [0.25, 0.3) is 0 Å². The lowest BCUT2D eigenvalue weighted by atomic mass is 10.0. The van der Waals surface area contributed by atoms with Crippen LogP contribution in [-0.4, -0.2) is 19.8 Å². The lowest BCUT2D eigenvalue weighted by molar-refractivity contribution is 0.127. The highest BCUT2D eigenvalue weighted by Gasteiger charge is 2.14. The summed E-state index contributed by atoms with van der Waals surface area (Å²) in [6, 6.07) is 1.92. The maximum Gasteiger partial charge on any atom is 0.246 e. The second-order valence-electron chi connectivity index (χ2n) is 5.51. The van der Waals surface area contributed by atoms with Crippen LogP contribution < -0.4 is 0 Å². The second-order valence-corrected chi connectivity index (χ2v) is 5.51. The van der Waals surface area contributed by atoms with E-state index in [0.29, 0.717) is 12.4 Å². The minimum atomic E-state index is -0.435. The standard InChI is InChI=1S/C14H21N3O2/c1-9(2)13(18)11-5-6-17(7-11)8-12-15-14(10(3)4)16-19-12/h5-7,9-10,13,18H,8H2,1-4H3. The molecule has 2 aromatic heterocycles. The van der Waals surface area contributed by atoms with Gasteiger partial charge >= 0.3 is 0 Å². The monoisotopic (exact) mass is 263 g/mol. The van der Waals surface area contributed by atoms with Crippen molar-refractivity contribution >= 4 is 0 Å². The normalized spacial score (nSPS) is 13.4. The third kappa shape index (κ3) is 3.23. The maximum atomic E-state index is 9.99. The molecule has 0 radical (unpaired) electrons. The van der Waals surface area contributed by atoms with Crippen LogP contribution in [0.2, 0.25) is 0 Å². The van der Waals surface area contributed by atoms with Crippen LogP contribution in [0.1, 0.15) is 57.0 Å². The Balaban J connectivity index is 2.07. The molecule has 0 saturated heterocycles. The highest BCUT2D eigenvalue weighted by Crippen LogP contribution is 2.21. The van der Waals surface area contributed by atoms with Crippen molar-refractivity contribution in [1.82, 2.24) is 14.7 Å². The van der Waals surface area contributed by atoms with Crippen molar-refractivity contribution in [2.45, 2.75) is 46.3 Å². The lowest BCUT2D eigenvalue weighted by Gasteiger charge is -2.12. The first kappa shape index (κ1) is 13.8. The predicted molar refractivity (Wildman–Crippen MR) is 71.7 cm³/mol. The number of aliphatic hydroxyl groups excluding tert-OH is 1. The molecular formula is C14H21N3O2. The summed E-state index contributed by atoms with van der Waals surface area (Å²) in [4.78, 5) is 4.33. The van der Waals surface area contributed by atoms with E-state index in [9.17, 15) is 5.11 Å². The molecule has 0 aliphatic heterocycles. The van der Waals surface area contributed by atoms with Crippen molar-refractivity contribution in [3.8, 4) is 0 Å². The molecule has 0 fully saturated rings. The Morgan fingerprint density at radius 1 is 1.32 bits per heavy atom. The molecule has 104 valence electrons. The number of hydrogen-bond donors (Lipinski definition) is 1. The summed E-state index contributed by atoms with van der Waals surface area (Å²) in [5.41, 5.74) is 0.915. The Morgan fingerprint density at radius 3 is 2.63 bits per heavy atom. The first-order chi connectivity index (χ1) is 8.97. The van der Waals surface area contributed by atoms with Crippen molar-refractivity contribution in [3.05, 3.63) is 35.7 Å². The second kappa shape index (κ2) is 5.57. The Bertz CT molecular complexity index is 528. The van der Waals surface area contributed by atoms with Gasteiger partial charge in [-0.15, -0.1) is 0 Å². The molecular weight excluding hydrogens is 242 g/mol. The smallest absolute Gasteiger partial charge is 0.246 e. The number of hydrogen-bond acceptors (Lipinski definition) is 4. The molecule has 5 nitrogen and oxygen atoms in total. The summed E-state index contributed by atoms with van der Waals surface area (Å²) in [5.74, 6) is 1.78. The quantitative estimate of drug-likeness (QED) is 0.900. The van der Waals surface area contributed by atoms with E-state index in [2.05, 4.69) is 10.1 Å². The van der Waals surface area contributed by atoms with E-state index in [1.54, 1.807) is 0 Å². The van der Waals surface area contributed by atoms with Gasteiger partial charge in [0.05, 0.1) is 6.10 Å². The number of aromatic nitrogens is 3. The lowest BCUT2D eigenvalue weighted by Crippen LogP contribution is -2.04. The minimum absolute atomic E-state index is 0.201. The fourth-order valence-corrected chi connectivity index (χ4v) is 1.84. The Labute approximate surface area is 113 Å². The maximum absolute atomic E-state index is 9.99. The zero-order valence-corrected chi connectivity index (χ0v) is 11.9. The van der Waals surface area contributed by atoms with Gasteiger partial charge < -0.3 is 14.2 Å². The van der Waals surface area contributed by atoms with Gasteiger partial charge in [0.1, 0.15) is 6.54 Å². The molecule has 2 aromatic rings. The molecule has 5 heteroatoms. The third-order valence-corrected chi connectivity index (χ3v) is 3.06. The molecule has 2 rings (SSSR count). The van der Waals surface area contributed by atoms with Crippen LogP contribution in [0.4, 0.5) is 0 Å². The molecule has 0 saturated carbocycles. The predicted octanol–water partition coefficient (Wildman–Crippen LogP) is 2.73. The van der Waals surface area contributed by atoms with Gasteiger partial charge in [0.15, 0.2) is 5.82 Å². The average molecular weight is 263 g/mol. The van der Waals surface area contributed by atoms with Gasteiger partial charge in [-0.25, -0.2) is 0 Å². The van der Waals surface area contributed by atoms with Crippen LogP contribution in [-0.2, 0) is 6.54 Å². The number of nitrogens with zero attached hydrogens (tertiary/aromatic N) is 3. The SMILES string of the molecule is CC(C)c1noc(Cn2ccc(C(O)C(C)C)c2)n1. The fraction of sp³-hybridized carbons (Fsp3) is 0.571. The molecule has 0 amide bonds. The molecule has 1 atom stereocenters. The van der Waals surface area contributed by atoms with Crippen molar-refractivity contribution in [3.63, 3.8) is 0 Å². The molecule has 0 spiro atoms. The highest BCUT2D eigenvalue weighted by atomic mass is 16.5. The minimum Gasteiger partial charge on any atom is -0.388 e. The van der Waals surface area contributed by atoms with Crippen LogP contribution >= 0.6 is 0 Å². The molecule has 0 aliphatic rings. The zero-order valence-electron chi connectivity index (χ0n) is 11.9. The van der Waals surface area contributed by atoms with E-state index < -0.39 is 6.10 Å². The molecule has 1 unspecified atom stereocenters. The van der Waals surface area contributed by atoms with Gasteiger partial charge in [-0.2, -0.15) is 4.98 Å². The average Bonchev–Trinajstić information content (AvgIpc) is 2.97. The summed E-state index contributed by atoms with van der Waals surface area (Å²) >= 11 is 0. The fourth-order valence-electron chi connectivity index (χ4n) is 1.84. The largest absolute Gasteiger partial charge is 0.388 e. The third-order valence-electron chi connectivity index (χ3n) is 3.06. The van der Waals surface area contributed by atoms with Gasteiger partial charge in [-0.05, 0) is 17.5 Å². The van der Waals surface area contributed by atoms with Crippen LogP contribution in [0.3, 0.4) is 0 Å². The molecule has 0 bridgehead atoms. The van der Waals surface area contributed by atoms with Crippen LogP contribution in [0, 0.1) is 5.92 Å². The first-order valence-corrected chi connectivity index (χ1v) is 6.63. The van der Waals surface area contributed by atoms with Crippen molar-refractivity contribution < 1.29 is 9.63 Å². The van der Waals surface area contributed by atoms with E-state index in [4.69, 9.17) is 4.52 Å².